The summed E-state index contributed by atoms with van der Waals surface area (Å²) < 4.78 is 0. The van der Waals surface area contributed by atoms with Gasteiger partial charge in [-0.15, -0.1) is 0 Å². The Morgan fingerprint density at radius 1 is 1.08 bits per heavy atom. The normalized spacial score (nSPS) is 62.5. The highest BCUT2D eigenvalue weighted by Gasteiger charge is 2.52. The summed E-state index contributed by atoms with van der Waals surface area (Å²) in [5.74, 6) is 2.66. The van der Waals surface area contributed by atoms with Gasteiger partial charge < -0.3 is 5.73 Å². The number of thiol groups is 1. The van der Waals surface area contributed by atoms with Crippen LogP contribution in [0.5, 0.6) is 0 Å². The molecule has 4 fully saturated rings. The zero-order chi connectivity index (χ0) is 8.34. The van der Waals surface area contributed by atoms with Crippen molar-refractivity contribution < 1.29 is 0 Å². The minimum Gasteiger partial charge on any atom is -0.325 e. The molecule has 0 heterocycles. The Morgan fingerprint density at radius 2 is 1.67 bits per heavy atom. The van der Waals surface area contributed by atoms with Crippen molar-refractivity contribution in [2.45, 2.75) is 42.9 Å². The van der Waals surface area contributed by atoms with Gasteiger partial charge in [0.05, 0.1) is 0 Å². The molecule has 4 bridgehead atoms. The van der Waals surface area contributed by atoms with Gasteiger partial charge in [-0.2, -0.15) is 12.6 Å². The molecule has 12 heavy (non-hydrogen) atoms. The first kappa shape index (κ1) is 7.69. The smallest absolute Gasteiger partial charge is 0.0163 e. The van der Waals surface area contributed by atoms with Crippen LogP contribution in [0.3, 0.4) is 0 Å². The standard InChI is InChI=1S/C10H17NS/c11-10-3-6-1-7(4-10)9(12)8(2-6)5-10/h6-9,12H,1-5,11H2/t6?,7-,8?,9?,10?/m0/s1. The van der Waals surface area contributed by atoms with Crippen LogP contribution in [0.15, 0.2) is 0 Å². The van der Waals surface area contributed by atoms with Gasteiger partial charge in [0.15, 0.2) is 0 Å². The lowest BCUT2D eigenvalue weighted by molar-refractivity contribution is 0.00729. The molecular formula is C10H17NS. The van der Waals surface area contributed by atoms with Gasteiger partial charge >= 0.3 is 0 Å². The Balaban J connectivity index is 1.95. The third kappa shape index (κ3) is 0.912. The minimum atomic E-state index is 0.232. The molecule has 0 radical (unpaired) electrons. The van der Waals surface area contributed by atoms with E-state index in [1.54, 1.807) is 0 Å². The molecule has 4 saturated carbocycles. The second-order valence-electron chi connectivity index (χ2n) is 5.32. The predicted molar refractivity (Wildman–Crippen MR) is 53.2 cm³/mol. The summed E-state index contributed by atoms with van der Waals surface area (Å²) >= 11 is 4.73. The maximum absolute atomic E-state index is 6.35. The molecule has 0 aromatic rings. The fourth-order valence-corrected chi connectivity index (χ4v) is 4.51. The number of nitrogens with two attached hydrogens (primary N) is 1. The number of hydrogen-bond acceptors (Lipinski definition) is 2. The molecule has 0 aromatic heterocycles. The van der Waals surface area contributed by atoms with E-state index in [9.17, 15) is 0 Å². The molecule has 0 aromatic carbocycles. The van der Waals surface area contributed by atoms with Gasteiger partial charge in [0.1, 0.15) is 0 Å². The number of hydrogen-bond donors (Lipinski definition) is 2. The Kier molecular flexibility index (Phi) is 1.42. The van der Waals surface area contributed by atoms with Gasteiger partial charge in [0.2, 0.25) is 0 Å². The summed E-state index contributed by atoms with van der Waals surface area (Å²) in [6.45, 7) is 0. The van der Waals surface area contributed by atoms with Crippen LogP contribution >= 0.6 is 12.6 Å². The van der Waals surface area contributed by atoms with E-state index in [-0.39, 0.29) is 5.54 Å². The molecule has 4 aliphatic carbocycles. The predicted octanol–water partition coefficient (Wildman–Crippen LogP) is 1.82. The van der Waals surface area contributed by atoms with Gasteiger partial charge in [-0.05, 0) is 49.9 Å². The minimum absolute atomic E-state index is 0.232. The molecule has 0 aliphatic heterocycles. The topological polar surface area (TPSA) is 26.0 Å². The first-order valence-corrected chi connectivity index (χ1v) is 5.65. The van der Waals surface area contributed by atoms with E-state index in [2.05, 4.69) is 0 Å². The summed E-state index contributed by atoms with van der Waals surface area (Å²) in [5, 5.41) is 0.679. The van der Waals surface area contributed by atoms with Crippen LogP contribution in [0.4, 0.5) is 0 Å². The van der Waals surface area contributed by atoms with Crippen LogP contribution in [0.25, 0.3) is 0 Å². The summed E-state index contributed by atoms with van der Waals surface area (Å²) in [6, 6.07) is 0. The molecule has 4 aliphatic rings. The molecule has 4 unspecified atom stereocenters. The second-order valence-corrected chi connectivity index (χ2v) is 5.92. The average molecular weight is 183 g/mol. The summed E-state index contributed by atoms with van der Waals surface area (Å²) in [6.07, 6.45) is 6.66. The third-order valence-corrected chi connectivity index (χ3v) is 5.11. The molecule has 1 nitrogen and oxygen atoms in total. The molecular weight excluding hydrogens is 166 g/mol. The molecule has 2 heteroatoms. The van der Waals surface area contributed by atoms with Gasteiger partial charge in [0, 0.05) is 10.8 Å². The highest BCUT2D eigenvalue weighted by atomic mass is 32.1. The van der Waals surface area contributed by atoms with E-state index in [1.807, 2.05) is 0 Å². The largest absolute Gasteiger partial charge is 0.325 e. The van der Waals surface area contributed by atoms with Crippen molar-refractivity contribution in [3.05, 3.63) is 0 Å². The molecule has 2 N–H and O–H groups in total. The molecule has 0 saturated heterocycles. The highest BCUT2D eigenvalue weighted by Crippen LogP contribution is 2.56. The van der Waals surface area contributed by atoms with Gasteiger partial charge in [-0.3, -0.25) is 0 Å². The Bertz CT molecular complexity index is 200. The zero-order valence-corrected chi connectivity index (χ0v) is 8.26. The van der Waals surface area contributed by atoms with Crippen molar-refractivity contribution in [1.82, 2.24) is 0 Å². The van der Waals surface area contributed by atoms with E-state index < -0.39 is 0 Å². The lowest BCUT2D eigenvalue weighted by atomic mass is 9.53. The van der Waals surface area contributed by atoms with Gasteiger partial charge in [-0.25, -0.2) is 0 Å². The molecule has 0 spiro atoms. The Hall–Kier alpha value is 0.310. The van der Waals surface area contributed by atoms with Crippen molar-refractivity contribution in [2.75, 3.05) is 0 Å². The summed E-state index contributed by atoms with van der Waals surface area (Å²) in [7, 11) is 0. The summed E-state index contributed by atoms with van der Waals surface area (Å²) in [5.41, 5.74) is 6.58. The van der Waals surface area contributed by atoms with Crippen LogP contribution < -0.4 is 5.73 Å². The maximum Gasteiger partial charge on any atom is 0.0163 e. The second kappa shape index (κ2) is 2.21. The third-order valence-electron chi connectivity index (χ3n) is 4.27. The quantitative estimate of drug-likeness (QED) is 0.550. The van der Waals surface area contributed by atoms with Crippen LogP contribution in [0.2, 0.25) is 0 Å². The molecule has 0 amide bonds. The van der Waals surface area contributed by atoms with Gasteiger partial charge in [0.25, 0.3) is 0 Å². The average Bonchev–Trinajstić information content (AvgIpc) is 1.96. The number of rotatable bonds is 0. The van der Waals surface area contributed by atoms with Crippen LogP contribution in [-0.2, 0) is 0 Å². The zero-order valence-electron chi connectivity index (χ0n) is 7.37. The van der Waals surface area contributed by atoms with E-state index in [0.717, 1.165) is 17.8 Å². The highest BCUT2D eigenvalue weighted by molar-refractivity contribution is 7.81. The Labute approximate surface area is 79.5 Å². The maximum atomic E-state index is 6.35. The monoisotopic (exact) mass is 183 g/mol. The fourth-order valence-electron chi connectivity index (χ4n) is 4.06. The van der Waals surface area contributed by atoms with E-state index >= 15 is 0 Å². The molecule has 5 atom stereocenters. The van der Waals surface area contributed by atoms with E-state index in [1.165, 1.54) is 32.1 Å². The van der Waals surface area contributed by atoms with Crippen molar-refractivity contribution >= 4 is 12.6 Å². The van der Waals surface area contributed by atoms with Crippen molar-refractivity contribution in [3.8, 4) is 0 Å². The lowest BCUT2D eigenvalue weighted by Gasteiger charge is -2.57. The Morgan fingerprint density at radius 3 is 2.17 bits per heavy atom. The van der Waals surface area contributed by atoms with Crippen LogP contribution in [0.1, 0.15) is 32.1 Å². The first-order chi connectivity index (χ1) is 5.66. The molecule has 4 rings (SSSR count). The first-order valence-electron chi connectivity index (χ1n) is 5.13. The lowest BCUT2D eigenvalue weighted by Crippen LogP contribution is -2.59. The summed E-state index contributed by atoms with van der Waals surface area (Å²) in [4.78, 5) is 0. The SMILES string of the molecule is NC12CC3CC(C1)C(S)[C@@H](C3)C2. The van der Waals surface area contributed by atoms with E-state index in [4.69, 9.17) is 18.4 Å². The van der Waals surface area contributed by atoms with Gasteiger partial charge in [-0.1, -0.05) is 0 Å². The fraction of sp³-hybridized carbons (Fsp3) is 1.00. The molecule has 68 valence electrons. The van der Waals surface area contributed by atoms with Crippen LogP contribution in [0, 0.1) is 17.8 Å². The van der Waals surface area contributed by atoms with Crippen molar-refractivity contribution in [1.29, 1.82) is 0 Å². The van der Waals surface area contributed by atoms with Crippen LogP contribution in [-0.4, -0.2) is 10.8 Å². The van der Waals surface area contributed by atoms with Crippen molar-refractivity contribution in [2.24, 2.45) is 23.5 Å². The van der Waals surface area contributed by atoms with Crippen molar-refractivity contribution in [3.63, 3.8) is 0 Å². The van der Waals surface area contributed by atoms with E-state index in [0.29, 0.717) is 5.25 Å².